The lowest BCUT2D eigenvalue weighted by Gasteiger charge is -2.14. The molecule has 5 rings (SSSR count). The third-order valence-corrected chi connectivity index (χ3v) is 6.59. The molecule has 0 radical (unpaired) electrons. The van der Waals surface area contributed by atoms with E-state index in [9.17, 15) is 19.2 Å². The maximum Gasteiger partial charge on any atom is 0.307 e. The molecule has 2 aliphatic heterocycles. The molecular weight excluding hydrogens is 462 g/mol. The summed E-state index contributed by atoms with van der Waals surface area (Å²) in [5.41, 5.74) is 1.32. The van der Waals surface area contributed by atoms with Gasteiger partial charge in [0.15, 0.2) is 16.3 Å². The summed E-state index contributed by atoms with van der Waals surface area (Å²) in [5.74, 6) is -0.359. The van der Waals surface area contributed by atoms with Gasteiger partial charge in [-0.25, -0.2) is 0 Å². The molecule has 1 fully saturated rings. The molecule has 0 spiro atoms. The number of aryl methyl sites for hydroxylation is 1. The highest BCUT2D eigenvalue weighted by molar-refractivity contribution is 7.16. The van der Waals surface area contributed by atoms with Crippen molar-refractivity contribution >= 4 is 50.9 Å². The van der Waals surface area contributed by atoms with Crippen LogP contribution in [0.4, 0.5) is 5.69 Å². The molecule has 0 N–H and O–H groups in total. The molecule has 11 heteroatoms. The molecule has 174 valence electrons. The quantitative estimate of drug-likeness (QED) is 0.406. The number of benzene rings is 2. The van der Waals surface area contributed by atoms with Crippen LogP contribution in [0.15, 0.2) is 41.4 Å². The number of thiazole rings is 1. The molecule has 3 heterocycles. The molecule has 0 bridgehead atoms. The van der Waals surface area contributed by atoms with Crippen LogP contribution >= 0.6 is 11.3 Å². The molecule has 0 atom stereocenters. The van der Waals surface area contributed by atoms with E-state index < -0.39 is 11.9 Å². The second kappa shape index (κ2) is 8.75. The number of amides is 3. The molecule has 34 heavy (non-hydrogen) atoms. The standard InChI is InChI=1S/C23H19N3O7S/c1-31-21(29)7-8-25-15-10-16-17(33-12-32-16)11-18(15)34-23(25)24-22(30)13-3-2-4-14(9-13)26-19(27)5-6-20(26)28/h2-4,9-11H,5-8,12H2,1H3. The SMILES string of the molecule is COC(=O)CCn1c(=NC(=O)c2cccc(N3C(=O)CCC3=O)c2)sc2cc3c(cc21)OCO3. The molecule has 3 amide bonds. The van der Waals surface area contributed by atoms with Crippen molar-refractivity contribution in [1.29, 1.82) is 0 Å². The molecular formula is C23H19N3O7S. The van der Waals surface area contributed by atoms with Crippen LogP contribution in [-0.2, 0) is 25.7 Å². The van der Waals surface area contributed by atoms with E-state index in [0.29, 0.717) is 22.0 Å². The molecule has 2 aromatic carbocycles. The zero-order chi connectivity index (χ0) is 23.8. The fourth-order valence-electron chi connectivity index (χ4n) is 3.86. The number of ether oxygens (including phenoxy) is 3. The van der Waals surface area contributed by atoms with E-state index >= 15 is 0 Å². The first-order valence-electron chi connectivity index (χ1n) is 10.5. The van der Waals surface area contributed by atoms with Crippen molar-refractivity contribution in [3.05, 3.63) is 46.8 Å². The van der Waals surface area contributed by atoms with E-state index in [1.165, 1.54) is 24.5 Å². The number of carbonyl (C=O) groups is 4. The van der Waals surface area contributed by atoms with Gasteiger partial charge < -0.3 is 18.8 Å². The van der Waals surface area contributed by atoms with E-state index in [4.69, 9.17) is 14.2 Å². The normalized spacial score (nSPS) is 15.4. The van der Waals surface area contributed by atoms with E-state index in [2.05, 4.69) is 4.99 Å². The van der Waals surface area contributed by atoms with Crippen LogP contribution in [0.1, 0.15) is 29.6 Å². The predicted molar refractivity (Wildman–Crippen MR) is 121 cm³/mol. The van der Waals surface area contributed by atoms with Gasteiger partial charge in [0.05, 0.1) is 29.4 Å². The van der Waals surface area contributed by atoms with Crippen molar-refractivity contribution in [2.24, 2.45) is 4.99 Å². The summed E-state index contributed by atoms with van der Waals surface area (Å²) >= 11 is 1.27. The first kappa shape index (κ1) is 21.8. The Kier molecular flexibility index (Phi) is 5.62. The van der Waals surface area contributed by atoms with Crippen molar-refractivity contribution < 1.29 is 33.4 Å². The molecule has 0 unspecified atom stereocenters. The highest BCUT2D eigenvalue weighted by atomic mass is 32.1. The van der Waals surface area contributed by atoms with E-state index in [0.717, 1.165) is 15.1 Å². The molecule has 0 aliphatic carbocycles. The van der Waals surface area contributed by atoms with Gasteiger partial charge in [-0.2, -0.15) is 4.99 Å². The van der Waals surface area contributed by atoms with E-state index in [1.807, 2.05) is 6.07 Å². The zero-order valence-corrected chi connectivity index (χ0v) is 18.9. The number of methoxy groups -OCH3 is 1. The summed E-state index contributed by atoms with van der Waals surface area (Å²) in [6, 6.07) is 9.87. The highest BCUT2D eigenvalue weighted by Crippen LogP contribution is 2.37. The maximum atomic E-state index is 13.1. The third-order valence-electron chi connectivity index (χ3n) is 5.54. The van der Waals surface area contributed by atoms with Crippen LogP contribution in [0.5, 0.6) is 11.5 Å². The summed E-state index contributed by atoms with van der Waals surface area (Å²) in [6.07, 6.45) is 0.397. The van der Waals surface area contributed by atoms with Crippen molar-refractivity contribution in [3.8, 4) is 11.5 Å². The van der Waals surface area contributed by atoms with Gasteiger partial charge in [0.1, 0.15) is 0 Å². The number of anilines is 1. The number of carbonyl (C=O) groups excluding carboxylic acids is 4. The molecule has 1 aromatic heterocycles. The Morgan fingerprint density at radius 1 is 1.09 bits per heavy atom. The minimum Gasteiger partial charge on any atom is -0.469 e. The fourth-order valence-corrected chi connectivity index (χ4v) is 4.92. The number of hydrogen-bond acceptors (Lipinski definition) is 8. The minimum atomic E-state index is -0.542. The first-order chi connectivity index (χ1) is 16.4. The second-order valence-electron chi connectivity index (χ2n) is 7.63. The lowest BCUT2D eigenvalue weighted by Crippen LogP contribution is -2.28. The maximum absolute atomic E-state index is 13.1. The number of hydrogen-bond donors (Lipinski definition) is 0. The Hall–Kier alpha value is -3.99. The summed E-state index contributed by atoms with van der Waals surface area (Å²) < 4.78 is 18.2. The van der Waals surface area contributed by atoms with Crippen LogP contribution in [-0.4, -0.2) is 42.2 Å². The second-order valence-corrected chi connectivity index (χ2v) is 8.63. The Morgan fingerprint density at radius 2 is 1.82 bits per heavy atom. The van der Waals surface area contributed by atoms with Gasteiger partial charge in [-0.1, -0.05) is 17.4 Å². The first-order valence-corrected chi connectivity index (χ1v) is 11.3. The Balaban J connectivity index is 1.55. The van der Waals surface area contributed by atoms with E-state index in [-0.39, 0.29) is 50.0 Å². The van der Waals surface area contributed by atoms with Crippen molar-refractivity contribution in [1.82, 2.24) is 4.57 Å². The number of nitrogens with zero attached hydrogens (tertiary/aromatic N) is 3. The van der Waals surface area contributed by atoms with Crippen molar-refractivity contribution in [2.45, 2.75) is 25.8 Å². The molecule has 3 aromatic rings. The molecule has 1 saturated heterocycles. The van der Waals surface area contributed by atoms with Gasteiger partial charge in [-0.05, 0) is 18.2 Å². The molecule has 0 saturated carbocycles. The summed E-state index contributed by atoms with van der Waals surface area (Å²) in [5, 5.41) is 0. The lowest BCUT2D eigenvalue weighted by atomic mass is 10.2. The Bertz CT molecular complexity index is 1410. The number of esters is 1. The molecule has 2 aliphatic rings. The number of aromatic nitrogens is 1. The lowest BCUT2D eigenvalue weighted by molar-refractivity contribution is -0.140. The van der Waals surface area contributed by atoms with Crippen molar-refractivity contribution in [3.63, 3.8) is 0 Å². The Labute approximate surface area is 197 Å². The van der Waals surface area contributed by atoms with Gasteiger partial charge in [-0.15, -0.1) is 0 Å². The van der Waals surface area contributed by atoms with Gasteiger partial charge in [0.2, 0.25) is 18.6 Å². The Morgan fingerprint density at radius 3 is 2.56 bits per heavy atom. The van der Waals surface area contributed by atoms with Crippen LogP contribution < -0.4 is 19.2 Å². The number of rotatable bonds is 5. The fraction of sp³-hybridized carbons (Fsp3) is 0.261. The van der Waals surface area contributed by atoms with Gasteiger partial charge in [0.25, 0.3) is 5.91 Å². The summed E-state index contributed by atoms with van der Waals surface area (Å²) in [7, 11) is 1.31. The average molecular weight is 481 g/mol. The van der Waals surface area contributed by atoms with Gasteiger partial charge in [0, 0.05) is 37.1 Å². The van der Waals surface area contributed by atoms with Crippen LogP contribution in [0.2, 0.25) is 0 Å². The third kappa shape index (κ3) is 3.94. The van der Waals surface area contributed by atoms with Crippen molar-refractivity contribution in [2.75, 3.05) is 18.8 Å². The predicted octanol–water partition coefficient (Wildman–Crippen LogP) is 2.39. The minimum absolute atomic E-state index is 0.0901. The zero-order valence-electron chi connectivity index (χ0n) is 18.1. The van der Waals surface area contributed by atoms with Crippen LogP contribution in [0.3, 0.4) is 0 Å². The number of imide groups is 1. The largest absolute Gasteiger partial charge is 0.469 e. The number of fused-ring (bicyclic) bond motifs is 2. The monoisotopic (exact) mass is 481 g/mol. The smallest absolute Gasteiger partial charge is 0.307 e. The van der Waals surface area contributed by atoms with Gasteiger partial charge in [-0.3, -0.25) is 24.1 Å². The van der Waals surface area contributed by atoms with Crippen LogP contribution in [0.25, 0.3) is 10.2 Å². The summed E-state index contributed by atoms with van der Waals surface area (Å²) in [6.45, 7) is 0.373. The molecule has 10 nitrogen and oxygen atoms in total. The average Bonchev–Trinajstić information content (AvgIpc) is 3.52. The summed E-state index contributed by atoms with van der Waals surface area (Å²) in [4.78, 5) is 54.8. The van der Waals surface area contributed by atoms with Crippen LogP contribution in [0, 0.1) is 0 Å². The topological polar surface area (TPSA) is 116 Å². The van der Waals surface area contributed by atoms with E-state index in [1.54, 1.807) is 28.8 Å². The highest BCUT2D eigenvalue weighted by Gasteiger charge is 2.30. The van der Waals surface area contributed by atoms with Gasteiger partial charge >= 0.3 is 5.97 Å².